The van der Waals surface area contributed by atoms with Crippen molar-refractivity contribution in [1.29, 1.82) is 0 Å². The molecule has 0 fully saturated rings. The third kappa shape index (κ3) is 2.79. The molecule has 0 radical (unpaired) electrons. The highest BCUT2D eigenvalue weighted by atomic mass is 79.9. The topological polar surface area (TPSA) is 17.0 Å². The van der Waals surface area contributed by atoms with E-state index in [0.29, 0.717) is 0 Å². The second-order valence-corrected chi connectivity index (χ2v) is 5.91. The zero-order chi connectivity index (χ0) is 13.9. The van der Waals surface area contributed by atoms with Gasteiger partial charge in [-0.3, -0.25) is 0 Å². The SMILES string of the molecule is CNCc1ccc2c(ccn2Cc2ccc(Br)cc2)c1. The molecule has 0 atom stereocenters. The summed E-state index contributed by atoms with van der Waals surface area (Å²) in [5, 5.41) is 4.49. The third-order valence-electron chi connectivity index (χ3n) is 3.48. The first-order valence-corrected chi connectivity index (χ1v) is 7.52. The molecule has 0 aliphatic heterocycles. The number of nitrogens with zero attached hydrogens (tertiary/aromatic N) is 1. The highest BCUT2D eigenvalue weighted by Crippen LogP contribution is 2.20. The summed E-state index contributed by atoms with van der Waals surface area (Å²) in [6, 6.07) is 17.3. The van der Waals surface area contributed by atoms with Gasteiger partial charge >= 0.3 is 0 Å². The van der Waals surface area contributed by atoms with Crippen LogP contribution >= 0.6 is 15.9 Å². The highest BCUT2D eigenvalue weighted by Gasteiger charge is 2.03. The number of benzene rings is 2. The second kappa shape index (κ2) is 5.81. The summed E-state index contributed by atoms with van der Waals surface area (Å²) in [6.45, 7) is 1.82. The standard InChI is InChI=1S/C17H17BrN2/c1-19-11-14-4-7-17-15(10-14)8-9-20(17)12-13-2-5-16(18)6-3-13/h2-10,19H,11-12H2,1H3. The minimum atomic E-state index is 0.905. The van der Waals surface area contributed by atoms with E-state index in [1.54, 1.807) is 0 Å². The third-order valence-corrected chi connectivity index (χ3v) is 4.01. The smallest absolute Gasteiger partial charge is 0.0483 e. The zero-order valence-corrected chi connectivity index (χ0v) is 13.0. The van der Waals surface area contributed by atoms with Crippen molar-refractivity contribution in [1.82, 2.24) is 9.88 Å². The van der Waals surface area contributed by atoms with Crippen molar-refractivity contribution < 1.29 is 0 Å². The van der Waals surface area contributed by atoms with Crippen LogP contribution in [0.4, 0.5) is 0 Å². The van der Waals surface area contributed by atoms with Gasteiger partial charge in [0.15, 0.2) is 0 Å². The second-order valence-electron chi connectivity index (χ2n) is 4.99. The molecule has 1 heterocycles. The normalized spacial score (nSPS) is 11.1. The fraction of sp³-hybridized carbons (Fsp3) is 0.176. The van der Waals surface area contributed by atoms with E-state index in [1.807, 2.05) is 7.05 Å². The quantitative estimate of drug-likeness (QED) is 0.760. The van der Waals surface area contributed by atoms with Gasteiger partial charge in [-0.2, -0.15) is 0 Å². The van der Waals surface area contributed by atoms with Crippen LogP contribution in [0.2, 0.25) is 0 Å². The number of rotatable bonds is 4. The van der Waals surface area contributed by atoms with Crippen LogP contribution in [0.1, 0.15) is 11.1 Å². The molecule has 1 aromatic heterocycles. The Kier molecular flexibility index (Phi) is 3.90. The molecule has 3 aromatic rings. The first-order chi connectivity index (χ1) is 9.76. The molecule has 0 aliphatic carbocycles. The lowest BCUT2D eigenvalue weighted by atomic mass is 10.1. The molecule has 20 heavy (non-hydrogen) atoms. The van der Waals surface area contributed by atoms with Crippen LogP contribution in [-0.4, -0.2) is 11.6 Å². The van der Waals surface area contributed by atoms with Gasteiger partial charge in [0.1, 0.15) is 0 Å². The van der Waals surface area contributed by atoms with Crippen molar-refractivity contribution in [3.8, 4) is 0 Å². The molecule has 102 valence electrons. The Morgan fingerprint density at radius 2 is 1.75 bits per heavy atom. The predicted octanol–water partition coefficient (Wildman–Crippen LogP) is 4.17. The summed E-state index contributed by atoms with van der Waals surface area (Å²) in [5.41, 5.74) is 3.92. The van der Waals surface area contributed by atoms with Crippen molar-refractivity contribution in [3.63, 3.8) is 0 Å². The van der Waals surface area contributed by atoms with Gasteiger partial charge in [0.25, 0.3) is 0 Å². The molecule has 2 nitrogen and oxygen atoms in total. The van der Waals surface area contributed by atoms with Gasteiger partial charge < -0.3 is 9.88 Å². The molecule has 0 unspecified atom stereocenters. The van der Waals surface area contributed by atoms with Crippen molar-refractivity contribution in [2.24, 2.45) is 0 Å². The van der Waals surface area contributed by atoms with E-state index < -0.39 is 0 Å². The molecule has 0 spiro atoms. The highest BCUT2D eigenvalue weighted by molar-refractivity contribution is 9.10. The molecule has 0 bridgehead atoms. The Morgan fingerprint density at radius 3 is 2.50 bits per heavy atom. The predicted molar refractivity (Wildman–Crippen MR) is 87.9 cm³/mol. The Labute approximate surface area is 127 Å². The van der Waals surface area contributed by atoms with Crippen LogP contribution in [-0.2, 0) is 13.1 Å². The fourth-order valence-corrected chi connectivity index (χ4v) is 2.75. The van der Waals surface area contributed by atoms with Crippen LogP contribution in [0.15, 0.2) is 59.2 Å². The average molecular weight is 329 g/mol. The van der Waals surface area contributed by atoms with Crippen LogP contribution in [0.3, 0.4) is 0 Å². The largest absolute Gasteiger partial charge is 0.343 e. The molecular weight excluding hydrogens is 312 g/mol. The van der Waals surface area contributed by atoms with Gasteiger partial charge in [-0.05, 0) is 53.9 Å². The van der Waals surface area contributed by atoms with Gasteiger partial charge in [-0.1, -0.05) is 34.1 Å². The maximum Gasteiger partial charge on any atom is 0.0483 e. The lowest BCUT2D eigenvalue weighted by Gasteiger charge is -2.07. The number of hydrogen-bond donors (Lipinski definition) is 1. The lowest BCUT2D eigenvalue weighted by molar-refractivity contribution is 0.817. The molecule has 0 amide bonds. The molecule has 3 rings (SSSR count). The molecule has 3 heteroatoms. The number of nitrogens with one attached hydrogen (secondary N) is 1. The Balaban J connectivity index is 1.90. The summed E-state index contributed by atoms with van der Waals surface area (Å²) in [5.74, 6) is 0. The van der Waals surface area contributed by atoms with Gasteiger partial charge in [-0.15, -0.1) is 0 Å². The molecule has 2 aromatic carbocycles. The van der Waals surface area contributed by atoms with Crippen molar-refractivity contribution in [2.45, 2.75) is 13.1 Å². The molecule has 0 saturated heterocycles. The molecular formula is C17H17BrN2. The van der Waals surface area contributed by atoms with Gasteiger partial charge in [0.2, 0.25) is 0 Å². The van der Waals surface area contributed by atoms with Crippen LogP contribution in [0.5, 0.6) is 0 Å². The van der Waals surface area contributed by atoms with Crippen molar-refractivity contribution in [2.75, 3.05) is 7.05 Å². The van der Waals surface area contributed by atoms with E-state index in [9.17, 15) is 0 Å². The average Bonchev–Trinajstić information content (AvgIpc) is 2.84. The number of halogens is 1. The van der Waals surface area contributed by atoms with E-state index in [1.165, 1.54) is 22.0 Å². The van der Waals surface area contributed by atoms with E-state index in [-0.39, 0.29) is 0 Å². The Bertz CT molecular complexity index is 713. The number of fused-ring (bicyclic) bond motifs is 1. The Hall–Kier alpha value is -1.58. The molecule has 0 aliphatic rings. The van der Waals surface area contributed by atoms with E-state index >= 15 is 0 Å². The maximum atomic E-state index is 3.47. The molecule has 0 saturated carbocycles. The maximum absolute atomic E-state index is 3.47. The van der Waals surface area contributed by atoms with E-state index in [4.69, 9.17) is 0 Å². The summed E-state index contributed by atoms with van der Waals surface area (Å²) in [7, 11) is 1.98. The lowest BCUT2D eigenvalue weighted by Crippen LogP contribution is -2.04. The summed E-state index contributed by atoms with van der Waals surface area (Å²) in [4.78, 5) is 0. The minimum Gasteiger partial charge on any atom is -0.343 e. The summed E-state index contributed by atoms with van der Waals surface area (Å²) in [6.07, 6.45) is 2.16. The van der Waals surface area contributed by atoms with Crippen LogP contribution < -0.4 is 5.32 Å². The van der Waals surface area contributed by atoms with Crippen LogP contribution in [0, 0.1) is 0 Å². The van der Waals surface area contributed by atoms with Gasteiger partial charge in [-0.25, -0.2) is 0 Å². The van der Waals surface area contributed by atoms with Crippen LogP contribution in [0.25, 0.3) is 10.9 Å². The first-order valence-electron chi connectivity index (χ1n) is 6.73. The van der Waals surface area contributed by atoms with Gasteiger partial charge in [0, 0.05) is 29.3 Å². The Morgan fingerprint density at radius 1 is 1.00 bits per heavy atom. The van der Waals surface area contributed by atoms with Crippen molar-refractivity contribution >= 4 is 26.8 Å². The fourth-order valence-electron chi connectivity index (χ4n) is 2.49. The van der Waals surface area contributed by atoms with Gasteiger partial charge in [0.05, 0.1) is 0 Å². The minimum absolute atomic E-state index is 0.905. The summed E-state index contributed by atoms with van der Waals surface area (Å²) < 4.78 is 3.41. The molecule has 1 N–H and O–H groups in total. The van der Waals surface area contributed by atoms with E-state index in [2.05, 4.69) is 80.5 Å². The first kappa shape index (κ1) is 13.4. The van der Waals surface area contributed by atoms with Crippen molar-refractivity contribution in [3.05, 3.63) is 70.3 Å². The van der Waals surface area contributed by atoms with E-state index in [0.717, 1.165) is 17.6 Å². The number of aromatic nitrogens is 1. The summed E-state index contributed by atoms with van der Waals surface area (Å²) >= 11 is 3.47. The zero-order valence-electron chi connectivity index (χ0n) is 11.4. The number of hydrogen-bond acceptors (Lipinski definition) is 1. The monoisotopic (exact) mass is 328 g/mol.